The number of aromatic nitrogens is 1. The lowest BCUT2D eigenvalue weighted by Crippen LogP contribution is -2.43. The van der Waals surface area contributed by atoms with Gasteiger partial charge >= 0.3 is 5.97 Å². The summed E-state index contributed by atoms with van der Waals surface area (Å²) >= 11 is 12.4. The van der Waals surface area contributed by atoms with E-state index in [0.717, 1.165) is 25.3 Å². The Balaban J connectivity index is 1.75. The van der Waals surface area contributed by atoms with Gasteiger partial charge in [-0.1, -0.05) is 47.5 Å². The maximum atomic E-state index is 14.1. The molecule has 1 atom stereocenters. The second-order valence-corrected chi connectivity index (χ2v) is 8.80. The molecule has 10 heteroatoms. The fraction of sp³-hybridized carbons (Fsp3) is 0.148. The predicted molar refractivity (Wildman–Crippen MR) is 137 cm³/mol. The molecule has 1 amide bonds. The van der Waals surface area contributed by atoms with Crippen LogP contribution in [0, 0.1) is 11.6 Å². The third kappa shape index (κ3) is 5.35. The quantitative estimate of drug-likeness (QED) is 0.288. The topological polar surface area (TPSA) is 77.5 Å². The van der Waals surface area contributed by atoms with E-state index in [9.17, 15) is 18.4 Å². The number of pyridine rings is 1. The number of ether oxygens (including phenoxy) is 2. The number of carbonyl (C=O) groups excluding carboxylic acids is 2. The lowest BCUT2D eigenvalue weighted by molar-refractivity contribution is -0.142. The van der Waals surface area contributed by atoms with E-state index in [4.69, 9.17) is 32.7 Å². The maximum absolute atomic E-state index is 14.1. The number of nitrogens with one attached hydrogen (secondary N) is 1. The van der Waals surface area contributed by atoms with Crippen LogP contribution in [0.1, 0.15) is 15.9 Å². The van der Waals surface area contributed by atoms with Crippen LogP contribution in [0.15, 0.2) is 60.8 Å². The molecule has 4 rings (SSSR count). The number of fused-ring (bicyclic) bond motifs is 1. The van der Waals surface area contributed by atoms with E-state index in [2.05, 4.69) is 10.3 Å². The van der Waals surface area contributed by atoms with Crippen molar-refractivity contribution in [3.63, 3.8) is 0 Å². The molecule has 0 saturated carbocycles. The number of hydrogen-bond donors (Lipinski definition) is 1. The fourth-order valence-electron chi connectivity index (χ4n) is 4.04. The van der Waals surface area contributed by atoms with Gasteiger partial charge in [-0.25, -0.2) is 13.6 Å². The van der Waals surface area contributed by atoms with Crippen LogP contribution >= 0.6 is 23.2 Å². The van der Waals surface area contributed by atoms with Crippen LogP contribution in [-0.2, 0) is 16.0 Å². The molecular weight excluding hydrogens is 525 g/mol. The van der Waals surface area contributed by atoms with Crippen molar-refractivity contribution in [1.29, 1.82) is 0 Å². The first-order valence-corrected chi connectivity index (χ1v) is 11.7. The summed E-state index contributed by atoms with van der Waals surface area (Å²) in [4.78, 5) is 29.8. The molecule has 0 saturated heterocycles. The van der Waals surface area contributed by atoms with Crippen molar-refractivity contribution in [3.8, 4) is 16.9 Å². The van der Waals surface area contributed by atoms with Crippen molar-refractivity contribution in [1.82, 2.24) is 10.3 Å². The first-order chi connectivity index (χ1) is 17.7. The number of benzene rings is 3. The average Bonchev–Trinajstić information content (AvgIpc) is 2.89. The number of hydrogen-bond acceptors (Lipinski definition) is 5. The molecule has 1 heterocycles. The zero-order valence-electron chi connectivity index (χ0n) is 19.7. The van der Waals surface area contributed by atoms with Gasteiger partial charge in [0.2, 0.25) is 0 Å². The van der Waals surface area contributed by atoms with Gasteiger partial charge in [-0.3, -0.25) is 9.78 Å². The van der Waals surface area contributed by atoms with Gasteiger partial charge < -0.3 is 14.8 Å². The Bertz CT molecular complexity index is 1490. The van der Waals surface area contributed by atoms with Gasteiger partial charge in [-0.2, -0.15) is 0 Å². The Morgan fingerprint density at radius 2 is 1.68 bits per heavy atom. The predicted octanol–water partition coefficient (Wildman–Crippen LogP) is 6.01. The molecule has 3 aromatic carbocycles. The van der Waals surface area contributed by atoms with E-state index in [1.54, 1.807) is 42.6 Å². The molecule has 6 nitrogen and oxygen atoms in total. The Hall–Kier alpha value is -3.75. The molecule has 0 aliphatic carbocycles. The Morgan fingerprint density at radius 1 is 0.973 bits per heavy atom. The van der Waals surface area contributed by atoms with Gasteiger partial charge in [0.15, 0.2) is 0 Å². The van der Waals surface area contributed by atoms with Crippen LogP contribution in [0.4, 0.5) is 8.78 Å². The molecule has 0 aliphatic rings. The van der Waals surface area contributed by atoms with Crippen molar-refractivity contribution in [2.24, 2.45) is 0 Å². The van der Waals surface area contributed by atoms with Gasteiger partial charge in [-0.15, -0.1) is 0 Å². The van der Waals surface area contributed by atoms with E-state index < -0.39 is 35.1 Å². The lowest BCUT2D eigenvalue weighted by Gasteiger charge is -2.19. The minimum atomic E-state index is -1.23. The minimum Gasteiger partial charge on any atom is -0.496 e. The molecule has 1 aromatic heterocycles. The highest BCUT2D eigenvalue weighted by Crippen LogP contribution is 2.40. The normalized spacial score (nSPS) is 11.7. The molecule has 1 N–H and O–H groups in total. The molecule has 0 aliphatic heterocycles. The third-order valence-electron chi connectivity index (χ3n) is 5.80. The highest BCUT2D eigenvalue weighted by molar-refractivity contribution is 6.42. The summed E-state index contributed by atoms with van der Waals surface area (Å²) in [6.45, 7) is 0. The first kappa shape index (κ1) is 26.3. The number of amides is 1. The second-order valence-electron chi connectivity index (χ2n) is 7.99. The summed E-state index contributed by atoms with van der Waals surface area (Å²) in [5, 5.41) is 3.73. The van der Waals surface area contributed by atoms with Gasteiger partial charge in [0.1, 0.15) is 29.0 Å². The SMILES string of the molecule is COC(=O)[C@H](Cc1ccc(-c2cc(Cl)c(Cl)cc2OC)c2ncccc12)NC(=O)c1c(F)cccc1F. The smallest absolute Gasteiger partial charge is 0.328 e. The Labute approximate surface area is 221 Å². The average molecular weight is 545 g/mol. The largest absolute Gasteiger partial charge is 0.496 e. The molecule has 0 fully saturated rings. The summed E-state index contributed by atoms with van der Waals surface area (Å²) in [5.41, 5.74) is 1.77. The van der Waals surface area contributed by atoms with E-state index >= 15 is 0 Å². The fourth-order valence-corrected chi connectivity index (χ4v) is 4.35. The van der Waals surface area contributed by atoms with Crippen molar-refractivity contribution in [2.75, 3.05) is 14.2 Å². The molecular formula is C27H20Cl2F2N2O4. The summed E-state index contributed by atoms with van der Waals surface area (Å²) in [6.07, 6.45) is 1.58. The number of methoxy groups -OCH3 is 2. The van der Waals surface area contributed by atoms with Gasteiger partial charge in [0, 0.05) is 35.2 Å². The van der Waals surface area contributed by atoms with Crippen LogP contribution in [0.2, 0.25) is 10.0 Å². The maximum Gasteiger partial charge on any atom is 0.328 e. The molecule has 0 unspecified atom stereocenters. The summed E-state index contributed by atoms with van der Waals surface area (Å²) < 4.78 is 38.6. The first-order valence-electron chi connectivity index (χ1n) is 11.0. The van der Waals surface area contributed by atoms with Gasteiger partial charge in [-0.05, 0) is 29.8 Å². The minimum absolute atomic E-state index is 0.0323. The highest BCUT2D eigenvalue weighted by Gasteiger charge is 2.27. The van der Waals surface area contributed by atoms with Gasteiger partial charge in [0.25, 0.3) is 5.91 Å². The van der Waals surface area contributed by atoms with Crippen LogP contribution in [0.25, 0.3) is 22.0 Å². The molecule has 37 heavy (non-hydrogen) atoms. The van der Waals surface area contributed by atoms with E-state index in [1.807, 2.05) is 0 Å². The van der Waals surface area contributed by atoms with Crippen LogP contribution in [-0.4, -0.2) is 37.1 Å². The summed E-state index contributed by atoms with van der Waals surface area (Å²) in [7, 11) is 2.67. The number of halogens is 4. The van der Waals surface area contributed by atoms with E-state index in [0.29, 0.717) is 43.4 Å². The van der Waals surface area contributed by atoms with E-state index in [1.165, 1.54) is 7.11 Å². The monoisotopic (exact) mass is 544 g/mol. The molecule has 0 spiro atoms. The number of esters is 1. The second kappa shape index (κ2) is 11.1. The van der Waals surface area contributed by atoms with Crippen LogP contribution in [0.3, 0.4) is 0 Å². The summed E-state index contributed by atoms with van der Waals surface area (Å²) in [5.74, 6) is -3.46. The standard InChI is InChI=1S/C27H20Cl2F2N2O4/c1-36-23-13-19(29)18(28)12-17(23)16-9-8-14(15-5-4-10-32-25(15)16)11-22(27(35)37-2)33-26(34)24-20(30)6-3-7-21(24)31/h3-10,12-13,22H,11H2,1-2H3,(H,33,34)/t22-/m0/s1. The van der Waals surface area contributed by atoms with Gasteiger partial charge in [0.05, 0.1) is 29.8 Å². The highest BCUT2D eigenvalue weighted by atomic mass is 35.5. The van der Waals surface area contributed by atoms with Crippen LogP contribution in [0.5, 0.6) is 5.75 Å². The number of rotatable bonds is 7. The number of carbonyl (C=O) groups is 2. The lowest BCUT2D eigenvalue weighted by atomic mass is 9.94. The Kier molecular flexibility index (Phi) is 7.90. The molecule has 0 bridgehead atoms. The zero-order chi connectivity index (χ0) is 26.7. The van der Waals surface area contributed by atoms with Crippen LogP contribution < -0.4 is 10.1 Å². The van der Waals surface area contributed by atoms with Crippen molar-refractivity contribution < 1.29 is 27.8 Å². The van der Waals surface area contributed by atoms with Crippen molar-refractivity contribution in [3.05, 3.63) is 93.6 Å². The van der Waals surface area contributed by atoms with Crippen molar-refractivity contribution >= 4 is 46.0 Å². The zero-order valence-corrected chi connectivity index (χ0v) is 21.2. The molecule has 4 aromatic rings. The third-order valence-corrected chi connectivity index (χ3v) is 6.52. The Morgan fingerprint density at radius 3 is 2.35 bits per heavy atom. The number of nitrogens with zero attached hydrogens (tertiary/aromatic N) is 1. The summed E-state index contributed by atoms with van der Waals surface area (Å²) in [6, 6.07) is 12.2. The van der Waals surface area contributed by atoms with Crippen molar-refractivity contribution in [2.45, 2.75) is 12.5 Å². The molecule has 0 radical (unpaired) electrons. The van der Waals surface area contributed by atoms with E-state index in [-0.39, 0.29) is 6.42 Å². The molecule has 190 valence electrons.